The Kier molecular flexibility index (Phi) is 4.66. The van der Waals surface area contributed by atoms with Crippen LogP contribution in [0.5, 0.6) is 0 Å². The van der Waals surface area contributed by atoms with Crippen LogP contribution in [-0.2, 0) is 14.3 Å². The molecule has 2 atom stereocenters. The van der Waals surface area contributed by atoms with Crippen LogP contribution in [0.3, 0.4) is 0 Å². The zero-order chi connectivity index (χ0) is 14.5. The van der Waals surface area contributed by atoms with E-state index in [4.69, 9.17) is 0 Å². The van der Waals surface area contributed by atoms with Crippen molar-refractivity contribution >= 4 is 17.5 Å². The van der Waals surface area contributed by atoms with E-state index in [0.29, 0.717) is 24.8 Å². The fourth-order valence-corrected chi connectivity index (χ4v) is 2.76. The third-order valence-electron chi connectivity index (χ3n) is 3.85. The second-order valence-electron chi connectivity index (χ2n) is 5.08. The molecule has 0 N–H and O–H groups in total. The average molecular weight is 274 g/mol. The number of ketones is 2. The summed E-state index contributed by atoms with van der Waals surface area (Å²) in [7, 11) is 1.30. The third-order valence-corrected chi connectivity index (χ3v) is 3.85. The molecule has 1 saturated carbocycles. The summed E-state index contributed by atoms with van der Waals surface area (Å²) in [5, 5.41) is 0. The quantitative estimate of drug-likeness (QED) is 0.625. The maximum absolute atomic E-state index is 12.5. The van der Waals surface area contributed by atoms with E-state index in [1.54, 1.807) is 24.3 Å². The summed E-state index contributed by atoms with van der Waals surface area (Å²) < 4.78 is 4.63. The molecule has 1 aromatic rings. The summed E-state index contributed by atoms with van der Waals surface area (Å²) in [5.74, 6) is -1.43. The molecule has 0 unspecified atom stereocenters. The Morgan fingerprint density at radius 3 is 2.60 bits per heavy atom. The topological polar surface area (TPSA) is 60.4 Å². The van der Waals surface area contributed by atoms with E-state index in [9.17, 15) is 14.4 Å². The number of ether oxygens (including phenoxy) is 1. The molecular formula is C16H18O4. The van der Waals surface area contributed by atoms with Gasteiger partial charge in [0, 0.05) is 23.8 Å². The van der Waals surface area contributed by atoms with E-state index in [2.05, 4.69) is 4.74 Å². The molecule has 20 heavy (non-hydrogen) atoms. The first-order valence-electron chi connectivity index (χ1n) is 6.82. The first kappa shape index (κ1) is 14.4. The van der Waals surface area contributed by atoms with E-state index < -0.39 is 17.8 Å². The van der Waals surface area contributed by atoms with Gasteiger partial charge in [0.15, 0.2) is 5.78 Å². The fraction of sp³-hybridized carbons (Fsp3) is 0.438. The van der Waals surface area contributed by atoms with Gasteiger partial charge in [-0.3, -0.25) is 14.4 Å². The molecule has 1 fully saturated rings. The maximum atomic E-state index is 12.5. The standard InChI is InChI=1S/C16H18O4/c1-20-15(18)10-13-12(8-5-9-14(13)17)16(19)11-6-3-2-4-7-11/h2-4,6-7,12-13H,5,8-10H2,1H3/t12-,13+/m1/s1. The molecule has 1 aliphatic carbocycles. The molecule has 0 spiro atoms. The van der Waals surface area contributed by atoms with Crippen LogP contribution >= 0.6 is 0 Å². The van der Waals surface area contributed by atoms with Gasteiger partial charge in [-0.2, -0.15) is 0 Å². The van der Waals surface area contributed by atoms with Gasteiger partial charge in [0.25, 0.3) is 0 Å². The zero-order valence-electron chi connectivity index (χ0n) is 11.5. The number of esters is 1. The highest BCUT2D eigenvalue weighted by atomic mass is 16.5. The highest BCUT2D eigenvalue weighted by molar-refractivity contribution is 6.02. The third kappa shape index (κ3) is 3.13. The van der Waals surface area contributed by atoms with Crippen molar-refractivity contribution in [2.75, 3.05) is 7.11 Å². The maximum Gasteiger partial charge on any atom is 0.306 e. The van der Waals surface area contributed by atoms with E-state index in [1.807, 2.05) is 6.07 Å². The number of benzene rings is 1. The van der Waals surface area contributed by atoms with Crippen LogP contribution in [0, 0.1) is 11.8 Å². The molecule has 2 rings (SSSR count). The van der Waals surface area contributed by atoms with Crippen molar-refractivity contribution in [3.05, 3.63) is 35.9 Å². The number of hydrogen-bond acceptors (Lipinski definition) is 4. The van der Waals surface area contributed by atoms with Crippen LogP contribution in [0.25, 0.3) is 0 Å². The monoisotopic (exact) mass is 274 g/mol. The van der Waals surface area contributed by atoms with Crippen molar-refractivity contribution in [3.8, 4) is 0 Å². The van der Waals surface area contributed by atoms with Crippen LogP contribution in [0.2, 0.25) is 0 Å². The lowest BCUT2D eigenvalue weighted by atomic mass is 9.73. The minimum Gasteiger partial charge on any atom is -0.469 e. The van der Waals surface area contributed by atoms with Crippen LogP contribution in [0.4, 0.5) is 0 Å². The minimum atomic E-state index is -0.538. The molecular weight excluding hydrogens is 256 g/mol. The predicted octanol–water partition coefficient (Wildman–Crippen LogP) is 2.42. The van der Waals surface area contributed by atoms with E-state index in [1.165, 1.54) is 7.11 Å². The van der Waals surface area contributed by atoms with Gasteiger partial charge in [0.1, 0.15) is 5.78 Å². The minimum absolute atomic E-state index is 0.00142. The van der Waals surface area contributed by atoms with Crippen molar-refractivity contribution < 1.29 is 19.1 Å². The molecule has 1 aromatic carbocycles. The Morgan fingerprint density at radius 2 is 1.95 bits per heavy atom. The van der Waals surface area contributed by atoms with Gasteiger partial charge in [-0.1, -0.05) is 30.3 Å². The summed E-state index contributed by atoms with van der Waals surface area (Å²) in [6.45, 7) is 0. The lowest BCUT2D eigenvalue weighted by molar-refractivity contribution is -0.145. The summed E-state index contributed by atoms with van der Waals surface area (Å²) in [6, 6.07) is 8.93. The number of rotatable bonds is 4. The number of methoxy groups -OCH3 is 1. The summed E-state index contributed by atoms with van der Waals surface area (Å²) in [6.07, 6.45) is 1.81. The van der Waals surface area contributed by atoms with Crippen molar-refractivity contribution in [1.29, 1.82) is 0 Å². The Hall–Kier alpha value is -1.97. The van der Waals surface area contributed by atoms with E-state index in [-0.39, 0.29) is 18.0 Å². The van der Waals surface area contributed by atoms with Crippen molar-refractivity contribution in [2.45, 2.75) is 25.7 Å². The molecule has 4 nitrogen and oxygen atoms in total. The highest BCUT2D eigenvalue weighted by Crippen LogP contribution is 2.32. The van der Waals surface area contributed by atoms with Crippen LogP contribution in [-0.4, -0.2) is 24.6 Å². The molecule has 0 bridgehead atoms. The number of carbonyl (C=O) groups is 3. The Bertz CT molecular complexity index is 506. The number of hydrogen-bond donors (Lipinski definition) is 0. The second-order valence-corrected chi connectivity index (χ2v) is 5.08. The molecule has 0 heterocycles. The second kappa shape index (κ2) is 6.46. The Morgan fingerprint density at radius 1 is 1.25 bits per heavy atom. The lowest BCUT2D eigenvalue weighted by Gasteiger charge is -2.28. The normalized spacial score (nSPS) is 22.4. The van der Waals surface area contributed by atoms with Gasteiger partial charge < -0.3 is 4.74 Å². The molecule has 0 amide bonds. The smallest absolute Gasteiger partial charge is 0.306 e. The largest absolute Gasteiger partial charge is 0.469 e. The molecule has 106 valence electrons. The van der Waals surface area contributed by atoms with Crippen LogP contribution < -0.4 is 0 Å². The van der Waals surface area contributed by atoms with Crippen LogP contribution in [0.1, 0.15) is 36.0 Å². The molecule has 0 saturated heterocycles. The van der Waals surface area contributed by atoms with E-state index in [0.717, 1.165) is 0 Å². The summed E-state index contributed by atoms with van der Waals surface area (Å²) in [5.41, 5.74) is 0.599. The summed E-state index contributed by atoms with van der Waals surface area (Å²) in [4.78, 5) is 36.0. The van der Waals surface area contributed by atoms with Crippen LogP contribution in [0.15, 0.2) is 30.3 Å². The van der Waals surface area contributed by atoms with Gasteiger partial charge >= 0.3 is 5.97 Å². The van der Waals surface area contributed by atoms with E-state index >= 15 is 0 Å². The summed E-state index contributed by atoms with van der Waals surface area (Å²) >= 11 is 0. The van der Waals surface area contributed by atoms with Gasteiger partial charge in [-0.05, 0) is 12.8 Å². The molecule has 0 radical (unpaired) electrons. The predicted molar refractivity (Wildman–Crippen MR) is 73.2 cm³/mol. The highest BCUT2D eigenvalue weighted by Gasteiger charge is 2.38. The van der Waals surface area contributed by atoms with Crippen molar-refractivity contribution in [3.63, 3.8) is 0 Å². The SMILES string of the molecule is COC(=O)C[C@@H]1C(=O)CCC[C@H]1C(=O)c1ccccc1. The Balaban J connectivity index is 2.20. The number of carbonyl (C=O) groups excluding carboxylic acids is 3. The fourth-order valence-electron chi connectivity index (χ4n) is 2.76. The molecule has 0 aliphatic heterocycles. The number of Topliss-reactive ketones (excluding diaryl/α,β-unsaturated/α-hetero) is 2. The first-order valence-corrected chi connectivity index (χ1v) is 6.82. The lowest BCUT2D eigenvalue weighted by Crippen LogP contribution is -2.35. The Labute approximate surface area is 118 Å². The molecule has 1 aliphatic rings. The zero-order valence-corrected chi connectivity index (χ0v) is 11.5. The van der Waals surface area contributed by atoms with Crippen molar-refractivity contribution in [1.82, 2.24) is 0 Å². The molecule has 4 heteroatoms. The van der Waals surface area contributed by atoms with Crippen molar-refractivity contribution in [2.24, 2.45) is 11.8 Å². The van der Waals surface area contributed by atoms with Gasteiger partial charge in [0.05, 0.1) is 13.5 Å². The van der Waals surface area contributed by atoms with Gasteiger partial charge in [-0.15, -0.1) is 0 Å². The first-order chi connectivity index (χ1) is 9.63. The molecule has 0 aromatic heterocycles. The van der Waals surface area contributed by atoms with Gasteiger partial charge in [-0.25, -0.2) is 0 Å². The van der Waals surface area contributed by atoms with Gasteiger partial charge in [0.2, 0.25) is 0 Å². The average Bonchev–Trinajstić information content (AvgIpc) is 2.49.